The molecule has 2 fully saturated rings. The molecule has 2 atom stereocenters. The van der Waals surface area contributed by atoms with Crippen LogP contribution in [0.5, 0.6) is 0 Å². The lowest BCUT2D eigenvalue weighted by molar-refractivity contribution is -0.140. The van der Waals surface area contributed by atoms with Crippen LogP contribution >= 0.6 is 0 Å². The number of hydrogen-bond acceptors (Lipinski definition) is 4. The number of carbonyl (C=O) groups is 3. The fourth-order valence-electron chi connectivity index (χ4n) is 3.84. The Morgan fingerprint density at radius 3 is 2.08 bits per heavy atom. The average molecular weight is 359 g/mol. The van der Waals surface area contributed by atoms with E-state index in [2.05, 4.69) is 10.2 Å². The smallest absolute Gasteiger partial charge is 0.307 e. The van der Waals surface area contributed by atoms with Crippen LogP contribution in [0.15, 0.2) is 24.3 Å². The van der Waals surface area contributed by atoms with E-state index in [1.54, 1.807) is 20.8 Å². The van der Waals surface area contributed by atoms with E-state index >= 15 is 0 Å². The molecule has 0 radical (unpaired) electrons. The Morgan fingerprint density at radius 1 is 1.04 bits per heavy atom. The molecule has 3 rings (SSSR count). The molecule has 0 unspecified atom stereocenters. The Balaban J connectivity index is 1.58. The van der Waals surface area contributed by atoms with Gasteiger partial charge < -0.3 is 20.2 Å². The molecule has 1 saturated carbocycles. The van der Waals surface area contributed by atoms with Gasteiger partial charge in [-0.15, -0.1) is 0 Å². The van der Waals surface area contributed by atoms with Crippen molar-refractivity contribution in [1.29, 1.82) is 0 Å². The SMILES string of the molecule is CC(=O)N1CCN(c2ccc(NC(=O)[C@H]3[C@H](C(=O)O)C3(C)C)cc2)CC1. The second-order valence-electron chi connectivity index (χ2n) is 7.64. The number of hydrogen-bond donors (Lipinski definition) is 2. The molecule has 2 amide bonds. The standard InChI is InChI=1S/C19H25N3O4/c1-12(23)21-8-10-22(11-9-21)14-6-4-13(5-7-14)20-17(24)15-16(18(25)26)19(15,2)3/h4-7,15-16H,8-11H2,1-3H3,(H,20,24)(H,25,26)/t15-,16-/m1/s1. The second kappa shape index (κ2) is 6.63. The van der Waals surface area contributed by atoms with Gasteiger partial charge in [-0.05, 0) is 29.7 Å². The molecule has 1 aliphatic carbocycles. The molecule has 1 saturated heterocycles. The molecule has 2 aliphatic rings. The quantitative estimate of drug-likeness (QED) is 0.853. The van der Waals surface area contributed by atoms with Gasteiger partial charge >= 0.3 is 5.97 Å². The maximum atomic E-state index is 12.4. The van der Waals surface area contributed by atoms with E-state index in [0.717, 1.165) is 18.8 Å². The van der Waals surface area contributed by atoms with Crippen LogP contribution in [0.3, 0.4) is 0 Å². The third kappa shape index (κ3) is 3.38. The lowest BCUT2D eigenvalue weighted by Crippen LogP contribution is -2.48. The molecule has 7 nitrogen and oxygen atoms in total. The Morgan fingerprint density at radius 2 is 1.62 bits per heavy atom. The topological polar surface area (TPSA) is 90.0 Å². The van der Waals surface area contributed by atoms with E-state index in [-0.39, 0.29) is 11.8 Å². The van der Waals surface area contributed by atoms with Gasteiger partial charge in [0.15, 0.2) is 0 Å². The Hall–Kier alpha value is -2.57. The maximum Gasteiger partial charge on any atom is 0.307 e. The molecule has 1 heterocycles. The summed E-state index contributed by atoms with van der Waals surface area (Å²) in [5, 5.41) is 12.0. The molecule has 0 bridgehead atoms. The number of rotatable bonds is 4. The molecule has 1 aromatic rings. The number of aliphatic carboxylic acids is 1. The minimum atomic E-state index is -0.921. The first-order chi connectivity index (χ1) is 12.2. The largest absolute Gasteiger partial charge is 0.481 e. The van der Waals surface area contributed by atoms with Gasteiger partial charge in [-0.3, -0.25) is 14.4 Å². The van der Waals surface area contributed by atoms with Crippen molar-refractivity contribution >= 4 is 29.2 Å². The van der Waals surface area contributed by atoms with E-state index in [9.17, 15) is 19.5 Å². The van der Waals surface area contributed by atoms with Crippen molar-refractivity contribution < 1.29 is 19.5 Å². The highest BCUT2D eigenvalue weighted by Crippen LogP contribution is 2.58. The van der Waals surface area contributed by atoms with Crippen molar-refractivity contribution in [2.75, 3.05) is 36.4 Å². The van der Waals surface area contributed by atoms with Gasteiger partial charge in [-0.25, -0.2) is 0 Å². The molecule has 7 heteroatoms. The second-order valence-corrected chi connectivity index (χ2v) is 7.64. The number of carboxylic acid groups (broad SMARTS) is 1. The fourth-order valence-corrected chi connectivity index (χ4v) is 3.84. The van der Waals surface area contributed by atoms with E-state index in [0.29, 0.717) is 18.8 Å². The highest BCUT2D eigenvalue weighted by Gasteiger charge is 2.65. The van der Waals surface area contributed by atoms with Crippen LogP contribution in [0.1, 0.15) is 20.8 Å². The summed E-state index contributed by atoms with van der Waals surface area (Å²) in [6.07, 6.45) is 0. The molecule has 140 valence electrons. The predicted molar refractivity (Wildman–Crippen MR) is 97.9 cm³/mol. The Labute approximate surface area is 153 Å². The molecular weight excluding hydrogens is 334 g/mol. The first-order valence-electron chi connectivity index (χ1n) is 8.86. The number of nitrogens with zero attached hydrogens (tertiary/aromatic N) is 2. The molecular formula is C19H25N3O4. The molecule has 26 heavy (non-hydrogen) atoms. The van der Waals surface area contributed by atoms with Crippen molar-refractivity contribution in [1.82, 2.24) is 4.90 Å². The normalized spacial score (nSPS) is 24.1. The van der Waals surface area contributed by atoms with E-state index in [1.807, 2.05) is 29.2 Å². The molecule has 0 spiro atoms. The van der Waals surface area contributed by atoms with E-state index in [4.69, 9.17) is 0 Å². The predicted octanol–water partition coefficient (Wildman–Crippen LogP) is 1.65. The van der Waals surface area contributed by atoms with Crippen molar-refractivity contribution in [2.24, 2.45) is 17.3 Å². The van der Waals surface area contributed by atoms with Gasteiger partial charge in [0, 0.05) is 44.5 Å². The summed E-state index contributed by atoms with van der Waals surface area (Å²) in [5.41, 5.74) is 1.20. The first-order valence-corrected chi connectivity index (χ1v) is 8.86. The summed E-state index contributed by atoms with van der Waals surface area (Å²) >= 11 is 0. The number of anilines is 2. The lowest BCUT2D eigenvalue weighted by Gasteiger charge is -2.35. The maximum absolute atomic E-state index is 12.4. The van der Waals surface area contributed by atoms with Crippen LogP contribution in [0.4, 0.5) is 11.4 Å². The van der Waals surface area contributed by atoms with Gasteiger partial charge in [-0.2, -0.15) is 0 Å². The number of benzene rings is 1. The molecule has 1 aromatic carbocycles. The number of carbonyl (C=O) groups excluding carboxylic acids is 2. The van der Waals surface area contributed by atoms with Gasteiger partial charge in [0.1, 0.15) is 0 Å². The highest BCUT2D eigenvalue weighted by atomic mass is 16.4. The van der Waals surface area contributed by atoms with Crippen molar-refractivity contribution in [3.63, 3.8) is 0 Å². The summed E-state index contributed by atoms with van der Waals surface area (Å²) in [5.74, 6) is -2.19. The van der Waals surface area contributed by atoms with Crippen molar-refractivity contribution in [3.8, 4) is 0 Å². The van der Waals surface area contributed by atoms with Crippen LogP contribution in [0.25, 0.3) is 0 Å². The van der Waals surface area contributed by atoms with Gasteiger partial charge in [-0.1, -0.05) is 13.8 Å². The average Bonchev–Trinajstić information content (AvgIpc) is 3.18. The lowest BCUT2D eigenvalue weighted by atomic mass is 10.1. The summed E-state index contributed by atoms with van der Waals surface area (Å²) in [7, 11) is 0. The van der Waals surface area contributed by atoms with Crippen LogP contribution in [0.2, 0.25) is 0 Å². The molecule has 1 aliphatic heterocycles. The first kappa shape index (κ1) is 18.2. The van der Waals surface area contributed by atoms with Crippen LogP contribution in [0, 0.1) is 17.3 Å². The number of carboxylic acids is 1. The van der Waals surface area contributed by atoms with Crippen molar-refractivity contribution in [2.45, 2.75) is 20.8 Å². The summed E-state index contributed by atoms with van der Waals surface area (Å²) in [6.45, 7) is 8.18. The zero-order valence-corrected chi connectivity index (χ0v) is 15.4. The van der Waals surface area contributed by atoms with Crippen LogP contribution < -0.4 is 10.2 Å². The van der Waals surface area contributed by atoms with Crippen LogP contribution in [-0.2, 0) is 14.4 Å². The summed E-state index contributed by atoms with van der Waals surface area (Å²) in [6, 6.07) is 7.53. The number of amides is 2. The Bertz CT molecular complexity index is 721. The van der Waals surface area contributed by atoms with Crippen LogP contribution in [-0.4, -0.2) is 54.0 Å². The zero-order chi connectivity index (χ0) is 19.1. The van der Waals surface area contributed by atoms with Gasteiger partial charge in [0.05, 0.1) is 11.8 Å². The minimum absolute atomic E-state index is 0.102. The monoisotopic (exact) mass is 359 g/mol. The van der Waals surface area contributed by atoms with E-state index in [1.165, 1.54) is 0 Å². The van der Waals surface area contributed by atoms with Crippen molar-refractivity contribution in [3.05, 3.63) is 24.3 Å². The minimum Gasteiger partial charge on any atom is -0.481 e. The van der Waals surface area contributed by atoms with E-state index < -0.39 is 23.2 Å². The Kier molecular flexibility index (Phi) is 4.64. The fraction of sp³-hybridized carbons (Fsp3) is 0.526. The number of piperazine rings is 1. The summed E-state index contributed by atoms with van der Waals surface area (Å²) < 4.78 is 0. The third-order valence-electron chi connectivity index (χ3n) is 5.60. The number of nitrogens with one attached hydrogen (secondary N) is 1. The molecule has 2 N–H and O–H groups in total. The molecule has 0 aromatic heterocycles. The summed E-state index contributed by atoms with van der Waals surface area (Å²) in [4.78, 5) is 39.0. The highest BCUT2D eigenvalue weighted by molar-refractivity contribution is 5.99. The van der Waals surface area contributed by atoms with Gasteiger partial charge in [0.2, 0.25) is 11.8 Å². The third-order valence-corrected chi connectivity index (χ3v) is 5.60. The van der Waals surface area contributed by atoms with Gasteiger partial charge in [0.25, 0.3) is 0 Å². The zero-order valence-electron chi connectivity index (χ0n) is 15.4.